The Hall–Kier alpha value is -2.08. The third kappa shape index (κ3) is 3.03. The Kier molecular flexibility index (Phi) is 4.01. The molecule has 0 bridgehead atoms. The molecule has 1 aromatic heterocycles. The number of carbonyl (C=O) groups is 1. The third-order valence-electron chi connectivity index (χ3n) is 2.52. The fourth-order valence-electron chi connectivity index (χ4n) is 1.53. The van der Waals surface area contributed by atoms with Crippen molar-refractivity contribution in [3.05, 3.63) is 34.3 Å². The van der Waals surface area contributed by atoms with Crippen molar-refractivity contribution in [2.75, 3.05) is 12.4 Å². The summed E-state index contributed by atoms with van der Waals surface area (Å²) in [5, 5.41) is 13.1. The minimum atomic E-state index is -0.218. The van der Waals surface area contributed by atoms with E-state index in [9.17, 15) is 9.90 Å². The molecule has 0 saturated heterocycles. The van der Waals surface area contributed by atoms with Crippen LogP contribution in [-0.4, -0.2) is 23.1 Å². The van der Waals surface area contributed by atoms with E-state index in [2.05, 4.69) is 10.3 Å². The molecule has 0 atom stereocenters. The highest BCUT2D eigenvalue weighted by molar-refractivity contribution is 7.13. The number of phenolic OH excluding ortho intramolecular Hbond substituents is 1. The first-order valence-electron chi connectivity index (χ1n) is 5.77. The smallest absolute Gasteiger partial charge is 0.267 e. The number of hydrogen-bond donors (Lipinski definition) is 2. The molecule has 1 amide bonds. The average molecular weight is 278 g/mol. The number of hydrogen-bond acceptors (Lipinski definition) is 5. The minimum Gasteiger partial charge on any atom is -0.504 e. The summed E-state index contributed by atoms with van der Waals surface area (Å²) < 4.78 is 4.98. The van der Waals surface area contributed by atoms with Gasteiger partial charge in [0.1, 0.15) is 4.88 Å². The Morgan fingerprint density at radius 2 is 2.32 bits per heavy atom. The van der Waals surface area contributed by atoms with Crippen LogP contribution in [-0.2, 0) is 6.42 Å². The molecule has 2 N–H and O–H groups in total. The summed E-state index contributed by atoms with van der Waals surface area (Å²) in [5.74, 6) is 0.132. The molecule has 5 nitrogen and oxygen atoms in total. The summed E-state index contributed by atoms with van der Waals surface area (Å²) in [6, 6.07) is 4.64. The fraction of sp³-hybridized carbons (Fsp3) is 0.231. The summed E-state index contributed by atoms with van der Waals surface area (Å²) in [6.45, 7) is 1.99. The summed E-state index contributed by atoms with van der Waals surface area (Å²) in [4.78, 5) is 16.7. The maximum Gasteiger partial charge on any atom is 0.267 e. The molecule has 1 aromatic carbocycles. The molecule has 0 aliphatic heterocycles. The minimum absolute atomic E-state index is 0.0339. The first-order chi connectivity index (χ1) is 9.13. The molecule has 0 fully saturated rings. The van der Waals surface area contributed by atoms with Gasteiger partial charge in [-0.15, -0.1) is 11.3 Å². The van der Waals surface area contributed by atoms with Gasteiger partial charge in [-0.25, -0.2) is 4.98 Å². The van der Waals surface area contributed by atoms with E-state index < -0.39 is 0 Å². The molecule has 19 heavy (non-hydrogen) atoms. The van der Waals surface area contributed by atoms with Crippen LogP contribution in [0.5, 0.6) is 11.5 Å². The molecule has 0 unspecified atom stereocenters. The number of aromatic nitrogens is 1. The van der Waals surface area contributed by atoms with E-state index in [1.165, 1.54) is 24.5 Å². The summed E-state index contributed by atoms with van der Waals surface area (Å²) in [6.07, 6.45) is 2.38. The van der Waals surface area contributed by atoms with Crippen molar-refractivity contribution in [3.8, 4) is 11.5 Å². The van der Waals surface area contributed by atoms with Gasteiger partial charge >= 0.3 is 0 Å². The summed E-state index contributed by atoms with van der Waals surface area (Å²) in [7, 11) is 1.46. The van der Waals surface area contributed by atoms with Crippen molar-refractivity contribution < 1.29 is 14.6 Å². The van der Waals surface area contributed by atoms with Gasteiger partial charge in [0.25, 0.3) is 5.91 Å². The van der Waals surface area contributed by atoms with E-state index in [4.69, 9.17) is 4.74 Å². The maximum absolute atomic E-state index is 12.0. The Labute approximate surface area is 114 Å². The van der Waals surface area contributed by atoms with E-state index in [0.29, 0.717) is 16.3 Å². The van der Waals surface area contributed by atoms with Crippen LogP contribution < -0.4 is 10.1 Å². The largest absolute Gasteiger partial charge is 0.504 e. The van der Waals surface area contributed by atoms with Crippen LogP contribution in [0.25, 0.3) is 0 Å². The maximum atomic E-state index is 12.0. The van der Waals surface area contributed by atoms with Crippen LogP contribution >= 0.6 is 11.3 Å². The van der Waals surface area contributed by atoms with E-state index in [1.54, 1.807) is 18.3 Å². The lowest BCUT2D eigenvalue weighted by molar-refractivity contribution is 0.103. The number of carbonyl (C=O) groups excluding carboxylic acids is 1. The van der Waals surface area contributed by atoms with Crippen molar-refractivity contribution in [2.45, 2.75) is 13.3 Å². The number of aryl methyl sites for hydroxylation is 1. The first-order valence-corrected chi connectivity index (χ1v) is 6.58. The van der Waals surface area contributed by atoms with Gasteiger partial charge < -0.3 is 15.2 Å². The number of thiazole rings is 1. The number of phenols is 1. The number of methoxy groups -OCH3 is 1. The monoisotopic (exact) mass is 278 g/mol. The molecule has 0 aliphatic carbocycles. The number of aromatic hydroxyl groups is 1. The van der Waals surface area contributed by atoms with Gasteiger partial charge in [-0.05, 0) is 18.6 Å². The topological polar surface area (TPSA) is 71.5 Å². The molecule has 0 spiro atoms. The molecule has 100 valence electrons. The van der Waals surface area contributed by atoms with E-state index >= 15 is 0 Å². The second kappa shape index (κ2) is 5.71. The van der Waals surface area contributed by atoms with E-state index in [-0.39, 0.29) is 11.7 Å². The zero-order valence-electron chi connectivity index (χ0n) is 10.6. The van der Waals surface area contributed by atoms with Crippen LogP contribution in [0.15, 0.2) is 24.4 Å². The summed E-state index contributed by atoms with van der Waals surface area (Å²) in [5.41, 5.74) is 0.561. The molecular weight excluding hydrogens is 264 g/mol. The normalized spacial score (nSPS) is 10.2. The number of ether oxygens (including phenoxy) is 1. The Balaban J connectivity index is 2.14. The van der Waals surface area contributed by atoms with Crippen LogP contribution in [0.2, 0.25) is 0 Å². The molecule has 6 heteroatoms. The van der Waals surface area contributed by atoms with Crippen LogP contribution in [0.3, 0.4) is 0 Å². The molecule has 2 aromatic rings. The van der Waals surface area contributed by atoms with Gasteiger partial charge in [0, 0.05) is 11.8 Å². The Bertz CT molecular complexity index is 595. The molecule has 1 heterocycles. The van der Waals surface area contributed by atoms with Crippen molar-refractivity contribution in [3.63, 3.8) is 0 Å². The highest BCUT2D eigenvalue weighted by Crippen LogP contribution is 2.29. The van der Waals surface area contributed by atoms with E-state index in [0.717, 1.165) is 11.4 Å². The number of amides is 1. The zero-order valence-corrected chi connectivity index (χ0v) is 11.5. The Morgan fingerprint density at radius 3 is 2.95 bits per heavy atom. The first kappa shape index (κ1) is 13.4. The second-order valence-electron chi connectivity index (χ2n) is 3.81. The van der Waals surface area contributed by atoms with Crippen molar-refractivity contribution >= 4 is 22.9 Å². The zero-order chi connectivity index (χ0) is 13.8. The Morgan fingerprint density at radius 1 is 1.53 bits per heavy atom. The average Bonchev–Trinajstić information content (AvgIpc) is 2.90. The highest BCUT2D eigenvalue weighted by Gasteiger charge is 2.11. The highest BCUT2D eigenvalue weighted by atomic mass is 32.1. The SMILES string of the molecule is CCc1ncc(C(=O)Nc2ccc(O)c(OC)c2)s1. The fourth-order valence-corrected chi connectivity index (χ4v) is 2.28. The number of anilines is 1. The van der Waals surface area contributed by atoms with Crippen LogP contribution in [0.4, 0.5) is 5.69 Å². The molecule has 0 radical (unpaired) electrons. The number of rotatable bonds is 4. The molecule has 0 saturated carbocycles. The lowest BCUT2D eigenvalue weighted by Crippen LogP contribution is -2.10. The van der Waals surface area contributed by atoms with Gasteiger partial charge in [0.2, 0.25) is 0 Å². The van der Waals surface area contributed by atoms with Crippen molar-refractivity contribution in [1.82, 2.24) is 4.98 Å². The standard InChI is InChI=1S/C13H14N2O3S/c1-3-12-14-7-11(19-12)13(17)15-8-4-5-9(16)10(6-8)18-2/h4-7,16H,3H2,1-2H3,(H,15,17). The molecule has 2 rings (SSSR count). The number of nitrogens with one attached hydrogen (secondary N) is 1. The van der Waals surface area contributed by atoms with Crippen molar-refractivity contribution in [2.24, 2.45) is 0 Å². The van der Waals surface area contributed by atoms with Gasteiger partial charge in [0.05, 0.1) is 18.3 Å². The second-order valence-corrected chi connectivity index (χ2v) is 4.93. The van der Waals surface area contributed by atoms with Gasteiger partial charge in [0.15, 0.2) is 11.5 Å². The summed E-state index contributed by atoms with van der Waals surface area (Å²) >= 11 is 1.37. The quantitative estimate of drug-likeness (QED) is 0.843. The van der Waals surface area contributed by atoms with Gasteiger partial charge in [-0.3, -0.25) is 4.79 Å². The van der Waals surface area contributed by atoms with Gasteiger partial charge in [-0.1, -0.05) is 6.92 Å². The van der Waals surface area contributed by atoms with Crippen LogP contribution in [0.1, 0.15) is 21.6 Å². The van der Waals surface area contributed by atoms with Crippen LogP contribution in [0, 0.1) is 0 Å². The predicted molar refractivity (Wildman–Crippen MR) is 74.1 cm³/mol. The molecule has 0 aliphatic rings. The van der Waals surface area contributed by atoms with Gasteiger partial charge in [-0.2, -0.15) is 0 Å². The van der Waals surface area contributed by atoms with Crippen molar-refractivity contribution in [1.29, 1.82) is 0 Å². The lowest BCUT2D eigenvalue weighted by Gasteiger charge is -2.07. The molecular formula is C13H14N2O3S. The van der Waals surface area contributed by atoms with E-state index in [1.807, 2.05) is 6.92 Å². The predicted octanol–water partition coefficient (Wildman–Crippen LogP) is 2.67. The third-order valence-corrected chi connectivity index (χ3v) is 3.66. The number of benzene rings is 1. The number of nitrogens with zero attached hydrogens (tertiary/aromatic N) is 1. The lowest BCUT2D eigenvalue weighted by atomic mass is 10.2.